The van der Waals surface area contributed by atoms with Crippen LogP contribution in [0, 0.1) is 17.0 Å². The van der Waals surface area contributed by atoms with Gasteiger partial charge in [0.25, 0.3) is 11.6 Å². The van der Waals surface area contributed by atoms with Gasteiger partial charge in [0, 0.05) is 43.0 Å². The number of hydrogen-bond acceptors (Lipinski definition) is 6. The lowest BCUT2D eigenvalue weighted by Gasteiger charge is -2.17. The smallest absolute Gasteiger partial charge is 0.398 e. The van der Waals surface area contributed by atoms with Crippen LogP contribution in [0.15, 0.2) is 36.4 Å². The summed E-state index contributed by atoms with van der Waals surface area (Å²) in [7, 11) is 0. The number of carbonyl (C=O) groups is 2. The Kier molecular flexibility index (Phi) is 7.40. The third kappa shape index (κ3) is 6.22. The normalized spacial score (nSPS) is 16.3. The van der Waals surface area contributed by atoms with Gasteiger partial charge in [-0.2, -0.15) is 13.2 Å². The molecule has 1 aliphatic heterocycles. The van der Waals surface area contributed by atoms with E-state index in [1.165, 1.54) is 6.07 Å². The number of anilines is 1. The Balaban J connectivity index is 1.50. The number of likely N-dealkylation sites (tertiary alicyclic amines) is 1. The van der Waals surface area contributed by atoms with E-state index >= 15 is 0 Å². The van der Waals surface area contributed by atoms with Gasteiger partial charge in [-0.25, -0.2) is 0 Å². The number of aryl methyl sites for hydroxylation is 1. The highest BCUT2D eigenvalue weighted by atomic mass is 19.4. The first-order valence-electron chi connectivity index (χ1n) is 10.4. The number of rotatable bonds is 7. The summed E-state index contributed by atoms with van der Waals surface area (Å²) in [6.07, 6.45) is -3.98. The topological polar surface area (TPSA) is 131 Å². The molecule has 182 valence electrons. The summed E-state index contributed by atoms with van der Waals surface area (Å²) in [6.45, 7) is 2.92. The Morgan fingerprint density at radius 1 is 1.24 bits per heavy atom. The Hall–Kier alpha value is -3.67. The average molecular weight is 479 g/mol. The van der Waals surface area contributed by atoms with Gasteiger partial charge < -0.3 is 16.4 Å². The third-order valence-electron chi connectivity index (χ3n) is 5.55. The molecule has 0 bridgehead atoms. The number of amides is 2. The zero-order valence-electron chi connectivity index (χ0n) is 18.3. The van der Waals surface area contributed by atoms with E-state index in [9.17, 15) is 32.9 Å². The monoisotopic (exact) mass is 479 g/mol. The number of hydrogen-bond donors (Lipinski definition) is 3. The van der Waals surface area contributed by atoms with Crippen LogP contribution in [0.1, 0.15) is 33.5 Å². The lowest BCUT2D eigenvalue weighted by molar-refractivity contribution is -0.385. The number of benzene rings is 2. The Morgan fingerprint density at radius 3 is 2.65 bits per heavy atom. The number of nitro benzene ring substituents is 1. The third-order valence-corrected chi connectivity index (χ3v) is 5.55. The minimum Gasteiger partial charge on any atom is -0.398 e. The molecule has 1 aliphatic rings. The number of nitrogens with one attached hydrogen (secondary N) is 2. The van der Waals surface area contributed by atoms with E-state index in [0.717, 1.165) is 17.7 Å². The van der Waals surface area contributed by atoms with E-state index in [1.807, 2.05) is 11.0 Å². The van der Waals surface area contributed by atoms with Crippen LogP contribution in [0.4, 0.5) is 24.5 Å². The summed E-state index contributed by atoms with van der Waals surface area (Å²) in [4.78, 5) is 37.2. The lowest BCUT2D eigenvalue weighted by Crippen LogP contribution is -2.43. The number of nitro groups is 1. The number of nitrogens with two attached hydrogens (primary N) is 1. The van der Waals surface area contributed by atoms with Crippen molar-refractivity contribution in [3.05, 3.63) is 68.8 Å². The fourth-order valence-electron chi connectivity index (χ4n) is 3.77. The summed E-state index contributed by atoms with van der Waals surface area (Å²) < 4.78 is 38.6. The SMILES string of the molecule is Cc1ccc(CN2CCC(NC(=O)CNC(=O)c3cc(C(F)(F)F)ccc3N)C2)cc1[N+](=O)[O-]. The van der Waals surface area contributed by atoms with Crippen LogP contribution in [0.3, 0.4) is 0 Å². The summed E-state index contributed by atoms with van der Waals surface area (Å²) in [5, 5.41) is 16.2. The Bertz CT molecular complexity index is 1110. The fourth-order valence-corrected chi connectivity index (χ4v) is 3.77. The number of alkyl halides is 3. The van der Waals surface area contributed by atoms with Gasteiger partial charge in [0.1, 0.15) is 0 Å². The van der Waals surface area contributed by atoms with Crippen LogP contribution in [0.25, 0.3) is 0 Å². The van der Waals surface area contributed by atoms with Crippen molar-refractivity contribution in [1.29, 1.82) is 0 Å². The van der Waals surface area contributed by atoms with Gasteiger partial charge in [0.15, 0.2) is 0 Å². The summed E-state index contributed by atoms with van der Waals surface area (Å²) in [5.74, 6) is -1.37. The van der Waals surface area contributed by atoms with Gasteiger partial charge in [-0.3, -0.25) is 24.6 Å². The largest absolute Gasteiger partial charge is 0.416 e. The van der Waals surface area contributed by atoms with Crippen LogP contribution in [-0.4, -0.2) is 47.3 Å². The highest BCUT2D eigenvalue weighted by Gasteiger charge is 2.31. The zero-order chi connectivity index (χ0) is 25.0. The van der Waals surface area contributed by atoms with Crippen molar-refractivity contribution >= 4 is 23.2 Å². The molecule has 1 saturated heterocycles. The molecular weight excluding hydrogens is 455 g/mol. The van der Waals surface area contributed by atoms with Crippen molar-refractivity contribution < 1.29 is 27.7 Å². The molecule has 0 spiro atoms. The molecule has 0 aromatic heterocycles. The molecule has 4 N–H and O–H groups in total. The van der Waals surface area contributed by atoms with Crippen LogP contribution in [0.2, 0.25) is 0 Å². The van der Waals surface area contributed by atoms with Crippen molar-refractivity contribution in [2.75, 3.05) is 25.4 Å². The molecule has 3 rings (SSSR count). The molecule has 2 amide bonds. The number of nitrogens with zero attached hydrogens (tertiary/aromatic N) is 2. The van der Waals surface area contributed by atoms with E-state index in [1.54, 1.807) is 13.0 Å². The molecule has 9 nitrogen and oxygen atoms in total. The minimum absolute atomic E-state index is 0.0544. The second kappa shape index (κ2) is 10.1. The summed E-state index contributed by atoms with van der Waals surface area (Å²) in [5.41, 5.74) is 5.53. The number of nitrogen functional groups attached to an aromatic ring is 1. The van der Waals surface area contributed by atoms with Gasteiger partial charge in [-0.1, -0.05) is 12.1 Å². The minimum atomic E-state index is -4.63. The van der Waals surface area contributed by atoms with Gasteiger partial charge >= 0.3 is 6.18 Å². The molecule has 1 fully saturated rings. The van der Waals surface area contributed by atoms with E-state index in [-0.39, 0.29) is 23.0 Å². The van der Waals surface area contributed by atoms with Crippen molar-refractivity contribution in [2.45, 2.75) is 32.1 Å². The van der Waals surface area contributed by atoms with Crippen LogP contribution in [-0.2, 0) is 17.5 Å². The highest BCUT2D eigenvalue weighted by molar-refractivity contribution is 6.00. The summed E-state index contributed by atoms with van der Waals surface area (Å²) >= 11 is 0. The number of carbonyl (C=O) groups excluding carboxylic acids is 2. The van der Waals surface area contributed by atoms with Crippen LogP contribution < -0.4 is 16.4 Å². The maximum atomic E-state index is 12.9. The fraction of sp³-hybridized carbons (Fsp3) is 0.364. The summed E-state index contributed by atoms with van der Waals surface area (Å²) in [6, 6.07) is 7.28. The molecule has 0 saturated carbocycles. The molecular formula is C22H24F3N5O4. The average Bonchev–Trinajstić information content (AvgIpc) is 3.19. The predicted octanol–water partition coefficient (Wildman–Crippen LogP) is 2.62. The Labute approximate surface area is 193 Å². The standard InChI is InChI=1S/C22H24F3N5O4/c1-13-2-3-14(8-19(13)30(33)34)11-29-7-6-16(12-29)28-20(31)10-27-21(32)17-9-15(22(23,24)25)4-5-18(17)26/h2-5,8-9,16H,6-7,10-12,26H2,1H3,(H,27,32)(H,28,31). The maximum Gasteiger partial charge on any atom is 0.416 e. The molecule has 1 unspecified atom stereocenters. The molecule has 0 radical (unpaired) electrons. The lowest BCUT2D eigenvalue weighted by atomic mass is 10.1. The molecule has 34 heavy (non-hydrogen) atoms. The molecule has 1 atom stereocenters. The molecule has 2 aromatic carbocycles. The molecule has 12 heteroatoms. The molecule has 0 aliphatic carbocycles. The van der Waals surface area contributed by atoms with Crippen molar-refractivity contribution in [3.63, 3.8) is 0 Å². The highest BCUT2D eigenvalue weighted by Crippen LogP contribution is 2.31. The predicted molar refractivity (Wildman–Crippen MR) is 118 cm³/mol. The zero-order valence-corrected chi connectivity index (χ0v) is 18.3. The molecule has 1 heterocycles. The van der Waals surface area contributed by atoms with Crippen molar-refractivity contribution in [3.8, 4) is 0 Å². The van der Waals surface area contributed by atoms with Crippen LogP contribution in [0.5, 0.6) is 0 Å². The molecule has 2 aromatic rings. The first-order chi connectivity index (χ1) is 15.9. The maximum absolute atomic E-state index is 12.9. The van der Waals surface area contributed by atoms with Gasteiger partial charge in [-0.15, -0.1) is 0 Å². The van der Waals surface area contributed by atoms with E-state index in [4.69, 9.17) is 5.73 Å². The van der Waals surface area contributed by atoms with E-state index in [0.29, 0.717) is 37.7 Å². The van der Waals surface area contributed by atoms with E-state index < -0.39 is 35.0 Å². The van der Waals surface area contributed by atoms with Crippen LogP contribution >= 0.6 is 0 Å². The van der Waals surface area contributed by atoms with Crippen molar-refractivity contribution in [2.24, 2.45) is 0 Å². The second-order valence-electron chi connectivity index (χ2n) is 8.15. The second-order valence-corrected chi connectivity index (χ2v) is 8.15. The van der Waals surface area contributed by atoms with Crippen molar-refractivity contribution in [1.82, 2.24) is 15.5 Å². The van der Waals surface area contributed by atoms with Gasteiger partial charge in [0.2, 0.25) is 5.91 Å². The van der Waals surface area contributed by atoms with Gasteiger partial charge in [0.05, 0.1) is 22.6 Å². The quantitative estimate of drug-likeness (QED) is 0.318. The first-order valence-corrected chi connectivity index (χ1v) is 10.4. The number of halogens is 3. The van der Waals surface area contributed by atoms with E-state index in [2.05, 4.69) is 10.6 Å². The van der Waals surface area contributed by atoms with Gasteiger partial charge in [-0.05, 0) is 37.1 Å². The Morgan fingerprint density at radius 2 is 1.97 bits per heavy atom. The first kappa shape index (κ1) is 25.0.